The minimum Gasteiger partial charge on any atom is -0.465 e. The van der Waals surface area contributed by atoms with Crippen LogP contribution in [0.5, 0.6) is 0 Å². The number of halogens is 1. The van der Waals surface area contributed by atoms with E-state index in [9.17, 15) is 18.0 Å². The molecule has 176 valence electrons. The maximum absolute atomic E-state index is 12.5. The number of benzene rings is 2. The van der Waals surface area contributed by atoms with Crippen LogP contribution in [0.2, 0.25) is 5.02 Å². The van der Waals surface area contributed by atoms with E-state index < -0.39 is 16.0 Å². The quantitative estimate of drug-likeness (QED) is 0.258. The molecule has 0 bridgehead atoms. The number of fused-ring (bicyclic) bond motifs is 1. The molecule has 1 heterocycles. The van der Waals surface area contributed by atoms with Crippen LogP contribution in [0, 0.1) is 0 Å². The summed E-state index contributed by atoms with van der Waals surface area (Å²) in [6.07, 6.45) is 0.852. The van der Waals surface area contributed by atoms with E-state index in [1.165, 1.54) is 18.2 Å². The number of carbonyl (C=O) groups excluding carboxylic acids is 2. The number of hydrogen-bond donors (Lipinski definition) is 1. The first-order chi connectivity index (χ1) is 15.7. The van der Waals surface area contributed by atoms with Gasteiger partial charge in [-0.15, -0.1) is 11.8 Å². The van der Waals surface area contributed by atoms with Gasteiger partial charge in [0.05, 0.1) is 21.7 Å². The number of thiazole rings is 1. The van der Waals surface area contributed by atoms with E-state index in [1.807, 2.05) is 24.3 Å². The highest BCUT2D eigenvalue weighted by Gasteiger charge is 2.15. The van der Waals surface area contributed by atoms with E-state index in [4.69, 9.17) is 21.5 Å². The SMILES string of the molecule is CCOC(=O)Cn1c(=NC(=O)CCCSc2ccc(Cl)cc2)sc2cc(S(N)(=O)=O)ccc21. The molecular formula is C21H22ClN3O5S3. The molecule has 0 aliphatic heterocycles. The summed E-state index contributed by atoms with van der Waals surface area (Å²) in [5.41, 5.74) is 0.560. The number of aromatic nitrogens is 1. The Kier molecular flexibility index (Phi) is 8.71. The summed E-state index contributed by atoms with van der Waals surface area (Å²) in [4.78, 5) is 30.1. The van der Waals surface area contributed by atoms with Gasteiger partial charge in [0, 0.05) is 16.3 Å². The molecule has 0 radical (unpaired) electrons. The Balaban J connectivity index is 1.80. The summed E-state index contributed by atoms with van der Waals surface area (Å²) in [7, 11) is -3.89. The summed E-state index contributed by atoms with van der Waals surface area (Å²) < 4.78 is 30.5. The summed E-state index contributed by atoms with van der Waals surface area (Å²) in [6.45, 7) is 1.76. The lowest BCUT2D eigenvalue weighted by Crippen LogP contribution is -2.23. The number of nitrogens with two attached hydrogens (primary N) is 1. The van der Waals surface area contributed by atoms with Gasteiger partial charge in [0.15, 0.2) is 4.80 Å². The second-order valence-corrected chi connectivity index (χ2v) is 11.0. The molecule has 0 spiro atoms. The molecule has 0 fully saturated rings. The lowest BCUT2D eigenvalue weighted by atomic mass is 10.3. The van der Waals surface area contributed by atoms with Crippen molar-refractivity contribution in [3.63, 3.8) is 0 Å². The summed E-state index contributed by atoms with van der Waals surface area (Å²) in [5, 5.41) is 5.89. The van der Waals surface area contributed by atoms with Crippen molar-refractivity contribution in [3.05, 3.63) is 52.3 Å². The number of sulfonamides is 1. The van der Waals surface area contributed by atoms with Crippen LogP contribution in [-0.2, 0) is 30.9 Å². The standard InChI is InChI=1S/C21H22ClN3O5S3/c1-2-30-20(27)13-25-17-10-9-16(33(23,28)29)12-18(17)32-21(25)24-19(26)4-3-11-31-15-7-5-14(22)6-8-15/h5-10,12H,2-4,11,13H2,1H3,(H2,23,28,29). The molecule has 3 aromatic rings. The fraction of sp³-hybridized carbons (Fsp3) is 0.286. The summed E-state index contributed by atoms with van der Waals surface area (Å²) in [6, 6.07) is 11.8. The highest BCUT2D eigenvalue weighted by molar-refractivity contribution is 7.99. The number of nitrogens with zero attached hydrogens (tertiary/aromatic N) is 2. The molecule has 2 N–H and O–H groups in total. The van der Waals surface area contributed by atoms with Gasteiger partial charge in [-0.1, -0.05) is 22.9 Å². The zero-order valence-electron chi connectivity index (χ0n) is 17.7. The number of ether oxygens (including phenoxy) is 1. The number of carbonyl (C=O) groups is 2. The number of thioether (sulfide) groups is 1. The third-order valence-corrected chi connectivity index (χ3v) is 7.72. The van der Waals surface area contributed by atoms with Crippen molar-refractivity contribution in [1.82, 2.24) is 4.57 Å². The lowest BCUT2D eigenvalue weighted by molar-refractivity contribution is -0.143. The number of esters is 1. The number of primary sulfonamides is 1. The number of amides is 1. The number of hydrogen-bond acceptors (Lipinski definition) is 7. The number of rotatable bonds is 9. The Hall–Kier alpha value is -2.18. The maximum atomic E-state index is 12.5. The van der Waals surface area contributed by atoms with Crippen LogP contribution < -0.4 is 9.94 Å². The van der Waals surface area contributed by atoms with Crippen molar-refractivity contribution in [2.45, 2.75) is 36.1 Å². The van der Waals surface area contributed by atoms with E-state index in [2.05, 4.69) is 4.99 Å². The average molecular weight is 528 g/mol. The van der Waals surface area contributed by atoms with E-state index in [1.54, 1.807) is 23.3 Å². The van der Waals surface area contributed by atoms with Gasteiger partial charge >= 0.3 is 5.97 Å². The van der Waals surface area contributed by atoms with Gasteiger partial charge < -0.3 is 9.30 Å². The highest BCUT2D eigenvalue weighted by atomic mass is 35.5. The van der Waals surface area contributed by atoms with Crippen LogP contribution in [0.15, 0.2) is 57.2 Å². The van der Waals surface area contributed by atoms with Crippen molar-refractivity contribution in [2.24, 2.45) is 10.1 Å². The van der Waals surface area contributed by atoms with Crippen LogP contribution in [0.25, 0.3) is 10.2 Å². The molecule has 0 saturated heterocycles. The van der Waals surface area contributed by atoms with Gasteiger partial charge in [-0.2, -0.15) is 4.99 Å². The topological polar surface area (TPSA) is 121 Å². The zero-order valence-corrected chi connectivity index (χ0v) is 20.9. The van der Waals surface area contributed by atoms with Crippen LogP contribution in [-0.4, -0.2) is 37.2 Å². The molecule has 3 rings (SSSR count). The Labute approximate surface area is 204 Å². The Morgan fingerprint density at radius 3 is 2.61 bits per heavy atom. The molecule has 12 heteroatoms. The lowest BCUT2D eigenvalue weighted by Gasteiger charge is -2.05. The van der Waals surface area contributed by atoms with E-state index in [0.717, 1.165) is 22.0 Å². The van der Waals surface area contributed by atoms with Crippen molar-refractivity contribution >= 4 is 66.8 Å². The minimum atomic E-state index is -3.89. The molecule has 8 nitrogen and oxygen atoms in total. The third-order valence-electron chi connectivity index (χ3n) is 4.41. The molecule has 0 aliphatic rings. The molecule has 2 aromatic carbocycles. The van der Waals surface area contributed by atoms with Gasteiger partial charge in [-0.25, -0.2) is 13.6 Å². The molecule has 0 aliphatic carbocycles. The first kappa shape index (κ1) is 25.4. The highest BCUT2D eigenvalue weighted by Crippen LogP contribution is 2.23. The predicted octanol–water partition coefficient (Wildman–Crippen LogP) is 3.57. The van der Waals surface area contributed by atoms with Crippen molar-refractivity contribution in [2.75, 3.05) is 12.4 Å². The third kappa shape index (κ3) is 7.15. The van der Waals surface area contributed by atoms with Gasteiger partial charge in [-0.3, -0.25) is 9.59 Å². The molecule has 1 amide bonds. The van der Waals surface area contributed by atoms with Crippen LogP contribution in [0.3, 0.4) is 0 Å². The first-order valence-electron chi connectivity index (χ1n) is 9.95. The van der Waals surface area contributed by atoms with Crippen LogP contribution in [0.4, 0.5) is 0 Å². The van der Waals surface area contributed by atoms with Crippen molar-refractivity contribution in [3.8, 4) is 0 Å². The fourth-order valence-corrected chi connectivity index (χ4v) is 5.59. The summed E-state index contributed by atoms with van der Waals surface area (Å²) in [5.74, 6) is -0.0842. The van der Waals surface area contributed by atoms with E-state index in [-0.39, 0.29) is 30.4 Å². The Morgan fingerprint density at radius 1 is 1.21 bits per heavy atom. The van der Waals surface area contributed by atoms with Crippen LogP contribution >= 0.6 is 34.7 Å². The Bertz CT molecular complexity index is 1330. The second-order valence-electron chi connectivity index (χ2n) is 6.86. The second kappa shape index (κ2) is 11.3. The van der Waals surface area contributed by atoms with Gasteiger partial charge in [0.1, 0.15) is 6.54 Å². The maximum Gasteiger partial charge on any atom is 0.326 e. The molecule has 0 unspecified atom stereocenters. The van der Waals surface area contributed by atoms with Crippen LogP contribution in [0.1, 0.15) is 19.8 Å². The largest absolute Gasteiger partial charge is 0.465 e. The van der Waals surface area contributed by atoms with E-state index >= 15 is 0 Å². The fourth-order valence-electron chi connectivity index (χ4n) is 2.91. The molecule has 0 atom stereocenters. The normalized spacial score (nSPS) is 12.3. The smallest absolute Gasteiger partial charge is 0.326 e. The van der Waals surface area contributed by atoms with Gasteiger partial charge in [0.2, 0.25) is 15.9 Å². The zero-order chi connectivity index (χ0) is 24.0. The van der Waals surface area contributed by atoms with E-state index in [0.29, 0.717) is 26.5 Å². The van der Waals surface area contributed by atoms with Gasteiger partial charge in [-0.05, 0) is 61.6 Å². The van der Waals surface area contributed by atoms with Gasteiger partial charge in [0.25, 0.3) is 0 Å². The van der Waals surface area contributed by atoms with Crippen molar-refractivity contribution in [1.29, 1.82) is 0 Å². The molecule has 0 saturated carbocycles. The molecule has 1 aromatic heterocycles. The predicted molar refractivity (Wildman–Crippen MR) is 130 cm³/mol. The average Bonchev–Trinajstić information content (AvgIpc) is 3.08. The molecular weight excluding hydrogens is 506 g/mol. The van der Waals surface area contributed by atoms with Crippen molar-refractivity contribution < 1.29 is 22.7 Å². The Morgan fingerprint density at radius 2 is 1.94 bits per heavy atom. The minimum absolute atomic E-state index is 0.0587. The molecule has 33 heavy (non-hydrogen) atoms. The first-order valence-corrected chi connectivity index (χ1v) is 13.7. The monoisotopic (exact) mass is 527 g/mol. The summed E-state index contributed by atoms with van der Waals surface area (Å²) >= 11 is 8.61.